The standard InChI is InChI=1S/C18H14N4O4S/c1-12-10-17(21-26-12)22-27(24,25)16-8-6-15(7-9-16)20-18(23)14-4-2-13(11-19)3-5-14/h2-10H,1H3,(H,20,23)(H,21,22). The molecule has 3 rings (SSSR count). The first-order chi connectivity index (χ1) is 12.9. The fraction of sp³-hybridized carbons (Fsp3) is 0.0556. The van der Waals surface area contributed by atoms with E-state index in [9.17, 15) is 13.2 Å². The van der Waals surface area contributed by atoms with E-state index < -0.39 is 10.0 Å². The number of nitrogens with one attached hydrogen (secondary N) is 2. The first-order valence-electron chi connectivity index (χ1n) is 7.75. The fourth-order valence-electron chi connectivity index (χ4n) is 2.23. The summed E-state index contributed by atoms with van der Waals surface area (Å²) >= 11 is 0. The van der Waals surface area contributed by atoms with E-state index in [0.29, 0.717) is 22.6 Å². The number of anilines is 2. The van der Waals surface area contributed by atoms with Gasteiger partial charge in [0.05, 0.1) is 16.5 Å². The molecule has 0 unspecified atom stereocenters. The number of sulfonamides is 1. The van der Waals surface area contributed by atoms with E-state index in [1.165, 1.54) is 42.5 Å². The molecule has 8 nitrogen and oxygen atoms in total. The van der Waals surface area contributed by atoms with Crippen LogP contribution >= 0.6 is 0 Å². The lowest BCUT2D eigenvalue weighted by molar-refractivity contribution is 0.102. The predicted octanol–water partition coefficient (Wildman–Crippen LogP) is 2.91. The molecule has 0 bridgehead atoms. The summed E-state index contributed by atoms with van der Waals surface area (Å²) in [4.78, 5) is 12.2. The zero-order valence-electron chi connectivity index (χ0n) is 14.1. The van der Waals surface area contributed by atoms with Gasteiger partial charge in [-0.05, 0) is 55.5 Å². The molecule has 0 saturated carbocycles. The number of hydrogen-bond donors (Lipinski definition) is 2. The number of amides is 1. The Morgan fingerprint density at radius 2 is 1.78 bits per heavy atom. The number of rotatable bonds is 5. The number of aryl methyl sites for hydroxylation is 1. The smallest absolute Gasteiger partial charge is 0.263 e. The highest BCUT2D eigenvalue weighted by Gasteiger charge is 2.16. The van der Waals surface area contributed by atoms with Crippen LogP contribution < -0.4 is 10.0 Å². The highest BCUT2D eigenvalue weighted by atomic mass is 32.2. The summed E-state index contributed by atoms with van der Waals surface area (Å²) in [5.74, 6) is 0.200. The first kappa shape index (κ1) is 18.2. The summed E-state index contributed by atoms with van der Waals surface area (Å²) in [5, 5.41) is 15.0. The number of carbonyl (C=O) groups excluding carboxylic acids is 1. The van der Waals surface area contributed by atoms with Crippen LogP contribution in [0.5, 0.6) is 0 Å². The maximum Gasteiger partial charge on any atom is 0.263 e. The average molecular weight is 382 g/mol. The van der Waals surface area contributed by atoms with E-state index in [-0.39, 0.29) is 16.6 Å². The van der Waals surface area contributed by atoms with Gasteiger partial charge in [-0.1, -0.05) is 5.16 Å². The molecule has 0 fully saturated rings. The molecule has 0 radical (unpaired) electrons. The fourth-order valence-corrected chi connectivity index (χ4v) is 3.21. The lowest BCUT2D eigenvalue weighted by atomic mass is 10.1. The van der Waals surface area contributed by atoms with Gasteiger partial charge in [0.25, 0.3) is 15.9 Å². The monoisotopic (exact) mass is 382 g/mol. The Labute approximate surface area is 155 Å². The lowest BCUT2D eigenvalue weighted by Gasteiger charge is -2.08. The summed E-state index contributed by atoms with van der Waals surface area (Å²) in [7, 11) is -3.82. The largest absolute Gasteiger partial charge is 0.360 e. The second kappa shape index (κ2) is 7.31. The number of nitriles is 1. The topological polar surface area (TPSA) is 125 Å². The summed E-state index contributed by atoms with van der Waals surface area (Å²) in [6, 6.07) is 15.3. The van der Waals surface area contributed by atoms with Crippen molar-refractivity contribution in [2.24, 2.45) is 0 Å². The molecule has 3 aromatic rings. The van der Waals surface area contributed by atoms with Crippen LogP contribution in [-0.4, -0.2) is 19.5 Å². The van der Waals surface area contributed by atoms with E-state index >= 15 is 0 Å². The Bertz CT molecular complexity index is 1110. The molecule has 0 atom stereocenters. The van der Waals surface area contributed by atoms with Crippen LogP contribution in [0.3, 0.4) is 0 Å². The van der Waals surface area contributed by atoms with Crippen molar-refractivity contribution in [3.63, 3.8) is 0 Å². The Morgan fingerprint density at radius 1 is 1.11 bits per heavy atom. The van der Waals surface area contributed by atoms with Gasteiger partial charge in [-0.25, -0.2) is 8.42 Å². The molecule has 0 aliphatic rings. The summed E-state index contributed by atoms with van der Waals surface area (Å²) in [6.07, 6.45) is 0. The Kier molecular flexibility index (Phi) is 4.92. The highest BCUT2D eigenvalue weighted by molar-refractivity contribution is 7.92. The van der Waals surface area contributed by atoms with Gasteiger partial charge >= 0.3 is 0 Å². The molecule has 0 aliphatic heterocycles. The van der Waals surface area contributed by atoms with Crippen LogP contribution in [0.25, 0.3) is 0 Å². The summed E-state index contributed by atoms with van der Waals surface area (Å²) in [5.41, 5.74) is 1.27. The van der Waals surface area contributed by atoms with Crippen molar-refractivity contribution in [3.8, 4) is 6.07 Å². The second-order valence-corrected chi connectivity index (χ2v) is 7.28. The number of carbonyl (C=O) groups is 1. The predicted molar refractivity (Wildman–Crippen MR) is 97.6 cm³/mol. The summed E-state index contributed by atoms with van der Waals surface area (Å²) in [6.45, 7) is 1.65. The molecule has 1 aromatic heterocycles. The average Bonchev–Trinajstić information content (AvgIpc) is 3.06. The van der Waals surface area contributed by atoms with Gasteiger partial charge in [-0.3, -0.25) is 9.52 Å². The van der Waals surface area contributed by atoms with Gasteiger partial charge in [0.15, 0.2) is 5.82 Å². The van der Waals surface area contributed by atoms with Crippen LogP contribution in [0.2, 0.25) is 0 Å². The molecule has 2 aromatic carbocycles. The minimum Gasteiger partial charge on any atom is -0.360 e. The third-order valence-corrected chi connectivity index (χ3v) is 4.94. The molecule has 0 aliphatic carbocycles. The minimum atomic E-state index is -3.82. The molecule has 136 valence electrons. The summed E-state index contributed by atoms with van der Waals surface area (Å²) < 4.78 is 31.8. The van der Waals surface area contributed by atoms with E-state index in [1.54, 1.807) is 19.1 Å². The van der Waals surface area contributed by atoms with Crippen LogP contribution in [0.15, 0.2) is 64.0 Å². The molecule has 2 N–H and O–H groups in total. The zero-order valence-corrected chi connectivity index (χ0v) is 14.9. The molecule has 0 spiro atoms. The van der Waals surface area contributed by atoms with Crippen LogP contribution in [0, 0.1) is 18.3 Å². The third kappa shape index (κ3) is 4.31. The van der Waals surface area contributed by atoms with E-state index in [2.05, 4.69) is 15.2 Å². The van der Waals surface area contributed by atoms with E-state index in [1.807, 2.05) is 6.07 Å². The van der Waals surface area contributed by atoms with Crippen molar-refractivity contribution < 1.29 is 17.7 Å². The van der Waals surface area contributed by atoms with Gasteiger partial charge in [0, 0.05) is 17.3 Å². The molecular formula is C18H14N4O4S. The Balaban J connectivity index is 1.70. The maximum absolute atomic E-state index is 12.3. The quantitative estimate of drug-likeness (QED) is 0.699. The van der Waals surface area contributed by atoms with Gasteiger partial charge < -0.3 is 9.84 Å². The van der Waals surface area contributed by atoms with Crippen LogP contribution in [-0.2, 0) is 10.0 Å². The van der Waals surface area contributed by atoms with Crippen molar-refractivity contribution in [2.75, 3.05) is 10.0 Å². The second-order valence-electron chi connectivity index (χ2n) is 5.60. The lowest BCUT2D eigenvalue weighted by Crippen LogP contribution is -2.14. The maximum atomic E-state index is 12.3. The normalized spacial score (nSPS) is 10.8. The van der Waals surface area contributed by atoms with Gasteiger partial charge in [-0.15, -0.1) is 0 Å². The van der Waals surface area contributed by atoms with Crippen molar-refractivity contribution >= 4 is 27.4 Å². The van der Waals surface area contributed by atoms with Crippen LogP contribution in [0.1, 0.15) is 21.7 Å². The SMILES string of the molecule is Cc1cc(NS(=O)(=O)c2ccc(NC(=O)c3ccc(C#N)cc3)cc2)no1. The Hall–Kier alpha value is -3.64. The highest BCUT2D eigenvalue weighted by Crippen LogP contribution is 2.18. The zero-order chi connectivity index (χ0) is 19.4. The Morgan fingerprint density at radius 3 is 2.33 bits per heavy atom. The molecule has 1 heterocycles. The van der Waals surface area contributed by atoms with Gasteiger partial charge in [0.1, 0.15) is 5.76 Å². The molecular weight excluding hydrogens is 368 g/mol. The number of nitrogens with zero attached hydrogens (tertiary/aromatic N) is 2. The van der Waals surface area contributed by atoms with Gasteiger partial charge in [0.2, 0.25) is 0 Å². The molecule has 9 heteroatoms. The van der Waals surface area contributed by atoms with Crippen molar-refractivity contribution in [2.45, 2.75) is 11.8 Å². The number of aromatic nitrogens is 1. The minimum absolute atomic E-state index is 0.0134. The van der Waals surface area contributed by atoms with Gasteiger partial charge in [-0.2, -0.15) is 5.26 Å². The van der Waals surface area contributed by atoms with Crippen molar-refractivity contribution in [1.29, 1.82) is 5.26 Å². The molecule has 27 heavy (non-hydrogen) atoms. The van der Waals surface area contributed by atoms with Crippen molar-refractivity contribution in [3.05, 3.63) is 71.5 Å². The van der Waals surface area contributed by atoms with E-state index in [4.69, 9.17) is 9.78 Å². The van der Waals surface area contributed by atoms with Crippen molar-refractivity contribution in [1.82, 2.24) is 5.16 Å². The van der Waals surface area contributed by atoms with E-state index in [0.717, 1.165) is 0 Å². The molecule has 1 amide bonds. The van der Waals surface area contributed by atoms with Crippen LogP contribution in [0.4, 0.5) is 11.5 Å². The third-order valence-electron chi connectivity index (χ3n) is 3.57. The number of benzene rings is 2. The first-order valence-corrected chi connectivity index (χ1v) is 9.23. The number of hydrogen-bond acceptors (Lipinski definition) is 6. The molecule has 0 saturated heterocycles.